The molecule has 0 amide bonds. The molecule has 3 rings (SSSR count). The predicted molar refractivity (Wildman–Crippen MR) is 82.2 cm³/mol. The lowest BCUT2D eigenvalue weighted by Crippen LogP contribution is -2.19. The van der Waals surface area contributed by atoms with Crippen LogP contribution in [-0.4, -0.2) is 5.16 Å². The molecule has 2 heterocycles. The normalized spacial score (nSPS) is 13.0. The Morgan fingerprint density at radius 1 is 1.19 bits per heavy atom. The molecule has 0 saturated carbocycles. The third-order valence-electron chi connectivity index (χ3n) is 4.04. The topological polar surface area (TPSA) is 51.2 Å². The number of aromatic nitrogens is 1. The Kier molecular flexibility index (Phi) is 3.55. The van der Waals surface area contributed by atoms with Gasteiger partial charge < -0.3 is 14.3 Å². The number of rotatable bonds is 4. The monoisotopic (exact) mass is 284 g/mol. The number of fused-ring (bicyclic) bond motifs is 1. The van der Waals surface area contributed by atoms with E-state index in [-0.39, 0.29) is 6.04 Å². The van der Waals surface area contributed by atoms with Crippen LogP contribution in [0.4, 0.5) is 0 Å². The van der Waals surface area contributed by atoms with Crippen LogP contribution in [0.1, 0.15) is 41.3 Å². The van der Waals surface area contributed by atoms with Gasteiger partial charge in [0.15, 0.2) is 0 Å². The summed E-state index contributed by atoms with van der Waals surface area (Å²) in [5.41, 5.74) is 4.20. The van der Waals surface area contributed by atoms with Crippen LogP contribution in [-0.2, 0) is 6.54 Å². The number of hydrogen-bond acceptors (Lipinski definition) is 4. The fourth-order valence-electron chi connectivity index (χ4n) is 2.71. The second-order valence-electron chi connectivity index (χ2n) is 5.49. The van der Waals surface area contributed by atoms with E-state index in [0.717, 1.165) is 34.9 Å². The van der Waals surface area contributed by atoms with Gasteiger partial charge >= 0.3 is 0 Å². The Bertz CT molecular complexity index is 751. The minimum atomic E-state index is 0.131. The van der Waals surface area contributed by atoms with E-state index in [4.69, 9.17) is 8.94 Å². The molecular weight excluding hydrogens is 264 g/mol. The molecule has 0 aliphatic heterocycles. The molecule has 0 fully saturated rings. The number of para-hydroxylation sites is 1. The molecule has 0 aliphatic carbocycles. The molecule has 4 nitrogen and oxygen atoms in total. The molecule has 0 aliphatic rings. The zero-order chi connectivity index (χ0) is 15.0. The van der Waals surface area contributed by atoms with Crippen molar-refractivity contribution < 1.29 is 8.94 Å². The minimum Gasteiger partial charge on any atom is -0.459 e. The van der Waals surface area contributed by atoms with Crippen molar-refractivity contribution in [3.8, 4) is 0 Å². The van der Waals surface area contributed by atoms with Crippen molar-refractivity contribution in [1.29, 1.82) is 0 Å². The molecule has 1 unspecified atom stereocenters. The highest BCUT2D eigenvalue weighted by Crippen LogP contribution is 2.29. The second kappa shape index (κ2) is 5.37. The summed E-state index contributed by atoms with van der Waals surface area (Å²) in [5, 5.41) is 8.65. The zero-order valence-electron chi connectivity index (χ0n) is 12.9. The predicted octanol–water partition coefficient (Wildman–Crippen LogP) is 4.20. The fourth-order valence-corrected chi connectivity index (χ4v) is 2.71. The van der Waals surface area contributed by atoms with E-state index in [1.165, 1.54) is 10.9 Å². The standard InChI is InChI=1S/C17H20N2O2/c1-10-14-7-5-6-8-16(14)20-17(10)12(3)18-9-15-11(2)19-21-13(15)4/h5-8,12,18H,9H2,1-4H3. The van der Waals surface area contributed by atoms with E-state index in [9.17, 15) is 0 Å². The van der Waals surface area contributed by atoms with Crippen LogP contribution < -0.4 is 5.32 Å². The summed E-state index contributed by atoms with van der Waals surface area (Å²) >= 11 is 0. The average molecular weight is 284 g/mol. The smallest absolute Gasteiger partial charge is 0.138 e. The molecule has 1 aromatic carbocycles. The van der Waals surface area contributed by atoms with Gasteiger partial charge in [-0.05, 0) is 39.3 Å². The van der Waals surface area contributed by atoms with Crippen molar-refractivity contribution in [2.75, 3.05) is 0 Å². The maximum absolute atomic E-state index is 5.99. The van der Waals surface area contributed by atoms with Gasteiger partial charge in [-0.25, -0.2) is 0 Å². The molecule has 0 spiro atoms. The molecule has 0 saturated heterocycles. The number of aryl methyl sites for hydroxylation is 3. The summed E-state index contributed by atoms with van der Waals surface area (Å²) in [5.74, 6) is 1.86. The maximum atomic E-state index is 5.99. The molecule has 1 N–H and O–H groups in total. The van der Waals surface area contributed by atoms with Gasteiger partial charge in [-0.2, -0.15) is 0 Å². The van der Waals surface area contributed by atoms with Crippen molar-refractivity contribution in [2.24, 2.45) is 0 Å². The average Bonchev–Trinajstić information content (AvgIpc) is 2.98. The van der Waals surface area contributed by atoms with Crippen molar-refractivity contribution in [1.82, 2.24) is 10.5 Å². The summed E-state index contributed by atoms with van der Waals surface area (Å²) < 4.78 is 11.2. The van der Waals surface area contributed by atoms with E-state index in [0.29, 0.717) is 0 Å². The van der Waals surface area contributed by atoms with E-state index in [1.54, 1.807) is 0 Å². The van der Waals surface area contributed by atoms with Crippen LogP contribution in [0.25, 0.3) is 11.0 Å². The highest BCUT2D eigenvalue weighted by molar-refractivity contribution is 5.82. The first-order chi connectivity index (χ1) is 10.1. The zero-order valence-corrected chi connectivity index (χ0v) is 12.9. The van der Waals surface area contributed by atoms with E-state index < -0.39 is 0 Å². The van der Waals surface area contributed by atoms with Crippen LogP contribution in [0.2, 0.25) is 0 Å². The summed E-state index contributed by atoms with van der Waals surface area (Å²) in [7, 11) is 0. The third kappa shape index (κ3) is 2.47. The van der Waals surface area contributed by atoms with Crippen molar-refractivity contribution >= 4 is 11.0 Å². The first kappa shape index (κ1) is 13.9. The van der Waals surface area contributed by atoms with Crippen LogP contribution >= 0.6 is 0 Å². The maximum Gasteiger partial charge on any atom is 0.138 e. The lowest BCUT2D eigenvalue weighted by Gasteiger charge is -2.12. The molecule has 110 valence electrons. The number of furan rings is 1. The Labute approximate surface area is 124 Å². The Morgan fingerprint density at radius 3 is 2.62 bits per heavy atom. The molecule has 0 bridgehead atoms. The Balaban J connectivity index is 1.81. The van der Waals surface area contributed by atoms with Gasteiger partial charge in [0, 0.05) is 17.5 Å². The third-order valence-corrected chi connectivity index (χ3v) is 4.04. The lowest BCUT2D eigenvalue weighted by atomic mass is 10.1. The highest BCUT2D eigenvalue weighted by atomic mass is 16.5. The first-order valence-electron chi connectivity index (χ1n) is 7.21. The SMILES string of the molecule is Cc1noc(C)c1CNC(C)c1oc2ccccc2c1C. The fraction of sp³-hybridized carbons (Fsp3) is 0.353. The first-order valence-corrected chi connectivity index (χ1v) is 7.21. The Hall–Kier alpha value is -2.07. The highest BCUT2D eigenvalue weighted by Gasteiger charge is 2.17. The van der Waals surface area contributed by atoms with Crippen LogP contribution in [0.5, 0.6) is 0 Å². The summed E-state index contributed by atoms with van der Waals surface area (Å²) in [6.45, 7) is 8.84. The lowest BCUT2D eigenvalue weighted by molar-refractivity contribution is 0.390. The van der Waals surface area contributed by atoms with Gasteiger partial charge in [0.25, 0.3) is 0 Å². The van der Waals surface area contributed by atoms with Gasteiger partial charge in [0.05, 0.1) is 11.7 Å². The number of nitrogens with one attached hydrogen (secondary N) is 1. The molecule has 3 aromatic rings. The molecule has 0 radical (unpaired) electrons. The van der Waals surface area contributed by atoms with E-state index >= 15 is 0 Å². The van der Waals surface area contributed by atoms with Crippen LogP contribution in [0.3, 0.4) is 0 Å². The molecule has 1 atom stereocenters. The van der Waals surface area contributed by atoms with Crippen LogP contribution in [0, 0.1) is 20.8 Å². The molecular formula is C17H20N2O2. The molecule has 2 aromatic heterocycles. The minimum absolute atomic E-state index is 0.131. The summed E-state index contributed by atoms with van der Waals surface area (Å²) in [6, 6.07) is 8.27. The van der Waals surface area contributed by atoms with Crippen molar-refractivity contribution in [3.63, 3.8) is 0 Å². The quantitative estimate of drug-likeness (QED) is 0.780. The van der Waals surface area contributed by atoms with Gasteiger partial charge in [0.1, 0.15) is 17.1 Å². The van der Waals surface area contributed by atoms with Gasteiger partial charge in [-0.15, -0.1) is 0 Å². The van der Waals surface area contributed by atoms with Crippen molar-refractivity contribution in [3.05, 3.63) is 52.6 Å². The van der Waals surface area contributed by atoms with Crippen molar-refractivity contribution in [2.45, 2.75) is 40.3 Å². The largest absolute Gasteiger partial charge is 0.459 e. The van der Waals surface area contributed by atoms with Gasteiger partial charge in [-0.1, -0.05) is 23.4 Å². The van der Waals surface area contributed by atoms with Gasteiger partial charge in [0.2, 0.25) is 0 Å². The second-order valence-corrected chi connectivity index (χ2v) is 5.49. The van der Waals surface area contributed by atoms with Crippen LogP contribution in [0.15, 0.2) is 33.2 Å². The number of hydrogen-bond donors (Lipinski definition) is 1. The molecule has 4 heteroatoms. The molecule has 21 heavy (non-hydrogen) atoms. The van der Waals surface area contributed by atoms with Gasteiger partial charge in [-0.3, -0.25) is 0 Å². The number of benzene rings is 1. The van der Waals surface area contributed by atoms with E-state index in [1.807, 2.05) is 32.0 Å². The Morgan fingerprint density at radius 2 is 1.95 bits per heavy atom. The number of nitrogens with zero attached hydrogens (tertiary/aromatic N) is 1. The van der Waals surface area contributed by atoms with E-state index in [2.05, 4.69) is 30.4 Å². The summed E-state index contributed by atoms with van der Waals surface area (Å²) in [4.78, 5) is 0. The summed E-state index contributed by atoms with van der Waals surface area (Å²) in [6.07, 6.45) is 0.